The van der Waals surface area contributed by atoms with Gasteiger partial charge in [-0.25, -0.2) is 9.59 Å². The van der Waals surface area contributed by atoms with Crippen LogP contribution in [0.2, 0.25) is 5.02 Å². The lowest BCUT2D eigenvalue weighted by Crippen LogP contribution is -2.50. The zero-order valence-corrected chi connectivity index (χ0v) is 18.8. The maximum atomic E-state index is 12.5. The summed E-state index contributed by atoms with van der Waals surface area (Å²) in [6, 6.07) is -0.326. The standard InChI is InChI=1S/C20H31ClN4O4/c1-18(2,3)28-16(26)23-15-14-13(21)11-22-25(14)12-20(15)7-9-24(10-8-20)17(27)29-19(4,5)6/h11,15H,7-10,12H2,1-6H3,(H,23,26)/t15-/m1/s1. The van der Waals surface area contributed by atoms with Crippen LogP contribution in [0, 0.1) is 5.41 Å². The van der Waals surface area contributed by atoms with Gasteiger partial charge in [-0.05, 0) is 54.4 Å². The summed E-state index contributed by atoms with van der Waals surface area (Å²) in [5.74, 6) is 0. The lowest BCUT2D eigenvalue weighted by Gasteiger charge is -2.42. The van der Waals surface area contributed by atoms with Crippen molar-refractivity contribution in [3.63, 3.8) is 0 Å². The molecule has 162 valence electrons. The maximum Gasteiger partial charge on any atom is 0.410 e. The Morgan fingerprint density at radius 2 is 1.72 bits per heavy atom. The van der Waals surface area contributed by atoms with Crippen LogP contribution >= 0.6 is 11.6 Å². The molecule has 1 fully saturated rings. The number of rotatable bonds is 1. The number of piperidine rings is 1. The van der Waals surface area contributed by atoms with Gasteiger partial charge >= 0.3 is 12.2 Å². The third-order valence-electron chi connectivity index (χ3n) is 5.26. The average Bonchev–Trinajstić information content (AvgIpc) is 3.03. The van der Waals surface area contributed by atoms with Crippen LogP contribution in [0.1, 0.15) is 66.1 Å². The van der Waals surface area contributed by atoms with E-state index < -0.39 is 17.3 Å². The van der Waals surface area contributed by atoms with Crippen molar-refractivity contribution in [3.8, 4) is 0 Å². The Kier molecular flexibility index (Phi) is 5.53. The van der Waals surface area contributed by atoms with E-state index in [0.717, 1.165) is 5.69 Å². The number of ether oxygens (including phenoxy) is 2. The van der Waals surface area contributed by atoms with Crippen molar-refractivity contribution in [1.29, 1.82) is 0 Å². The molecule has 0 radical (unpaired) electrons. The first-order valence-corrected chi connectivity index (χ1v) is 10.4. The Balaban J connectivity index is 1.76. The van der Waals surface area contributed by atoms with Gasteiger partial charge < -0.3 is 19.7 Å². The van der Waals surface area contributed by atoms with E-state index in [9.17, 15) is 9.59 Å². The number of carbonyl (C=O) groups excluding carboxylic acids is 2. The van der Waals surface area contributed by atoms with Crippen LogP contribution in [0.25, 0.3) is 0 Å². The highest BCUT2D eigenvalue weighted by Crippen LogP contribution is 2.51. The Labute approximate surface area is 176 Å². The number of likely N-dealkylation sites (tertiary alicyclic amines) is 1. The van der Waals surface area contributed by atoms with E-state index in [0.29, 0.717) is 37.5 Å². The summed E-state index contributed by atoms with van der Waals surface area (Å²) < 4.78 is 12.8. The van der Waals surface area contributed by atoms with E-state index in [1.54, 1.807) is 11.1 Å². The third kappa shape index (κ3) is 4.79. The molecule has 0 aromatic carbocycles. The van der Waals surface area contributed by atoms with Crippen LogP contribution in [-0.2, 0) is 16.0 Å². The first kappa shape index (κ1) is 21.7. The Morgan fingerprint density at radius 1 is 1.14 bits per heavy atom. The highest BCUT2D eigenvalue weighted by Gasteiger charge is 2.51. The summed E-state index contributed by atoms with van der Waals surface area (Å²) in [5, 5.41) is 7.91. The summed E-state index contributed by atoms with van der Waals surface area (Å²) in [6.45, 7) is 12.8. The van der Waals surface area contributed by atoms with Crippen LogP contribution < -0.4 is 5.32 Å². The van der Waals surface area contributed by atoms with Crippen LogP contribution in [0.4, 0.5) is 9.59 Å². The van der Waals surface area contributed by atoms with Gasteiger partial charge in [0.05, 0.1) is 23.0 Å². The molecule has 0 saturated carbocycles. The first-order valence-electron chi connectivity index (χ1n) is 9.98. The number of hydrogen-bond acceptors (Lipinski definition) is 5. The molecule has 0 unspecified atom stereocenters. The molecule has 2 aliphatic rings. The first-order chi connectivity index (χ1) is 13.3. The van der Waals surface area contributed by atoms with Gasteiger partial charge in [-0.15, -0.1) is 0 Å². The van der Waals surface area contributed by atoms with Gasteiger partial charge in [0, 0.05) is 25.0 Å². The monoisotopic (exact) mass is 426 g/mol. The van der Waals surface area contributed by atoms with Crippen LogP contribution in [0.5, 0.6) is 0 Å². The second-order valence-corrected chi connectivity index (χ2v) is 10.4. The fourth-order valence-electron chi connectivity index (χ4n) is 4.02. The minimum Gasteiger partial charge on any atom is -0.444 e. The molecule has 3 heterocycles. The molecular weight excluding hydrogens is 396 g/mol. The van der Waals surface area contributed by atoms with Gasteiger partial charge in [-0.3, -0.25) is 4.68 Å². The summed E-state index contributed by atoms with van der Waals surface area (Å²) in [7, 11) is 0. The molecule has 1 aromatic heterocycles. The normalized spacial score (nSPS) is 21.1. The Hall–Kier alpha value is -1.96. The van der Waals surface area contributed by atoms with Gasteiger partial charge in [-0.1, -0.05) is 11.6 Å². The van der Waals surface area contributed by atoms with Crippen molar-refractivity contribution in [2.75, 3.05) is 13.1 Å². The van der Waals surface area contributed by atoms with Gasteiger partial charge in [0.15, 0.2) is 0 Å². The molecular formula is C20H31ClN4O4. The molecule has 29 heavy (non-hydrogen) atoms. The summed E-state index contributed by atoms with van der Waals surface area (Å²) in [4.78, 5) is 26.7. The highest BCUT2D eigenvalue weighted by atomic mass is 35.5. The molecule has 2 amide bonds. The van der Waals surface area contributed by atoms with Gasteiger partial charge in [0.1, 0.15) is 11.2 Å². The smallest absolute Gasteiger partial charge is 0.410 e. The largest absolute Gasteiger partial charge is 0.444 e. The molecule has 8 nitrogen and oxygen atoms in total. The fraction of sp³-hybridized carbons (Fsp3) is 0.750. The van der Waals surface area contributed by atoms with E-state index in [4.69, 9.17) is 21.1 Å². The van der Waals surface area contributed by atoms with Crippen LogP contribution in [-0.4, -0.2) is 51.2 Å². The molecule has 0 aliphatic carbocycles. The number of nitrogens with zero attached hydrogens (tertiary/aromatic N) is 3. The number of fused-ring (bicyclic) bond motifs is 1. The van der Waals surface area contributed by atoms with Crippen molar-refractivity contribution in [3.05, 3.63) is 16.9 Å². The number of hydrogen-bond donors (Lipinski definition) is 1. The van der Waals surface area contributed by atoms with Crippen molar-refractivity contribution in [2.24, 2.45) is 5.41 Å². The predicted octanol–water partition coefficient (Wildman–Crippen LogP) is 4.13. The third-order valence-corrected chi connectivity index (χ3v) is 5.55. The summed E-state index contributed by atoms with van der Waals surface area (Å²) >= 11 is 6.39. The minimum atomic E-state index is -0.597. The van der Waals surface area contributed by atoms with E-state index in [1.807, 2.05) is 46.2 Å². The summed E-state index contributed by atoms with van der Waals surface area (Å²) in [5.41, 5.74) is -0.609. The Bertz CT molecular complexity index is 785. The van der Waals surface area contributed by atoms with E-state index in [1.165, 1.54) is 0 Å². The number of carbonyl (C=O) groups is 2. The van der Waals surface area contributed by atoms with Crippen LogP contribution in [0.15, 0.2) is 6.20 Å². The lowest BCUT2D eigenvalue weighted by atomic mass is 9.73. The van der Waals surface area contributed by atoms with Gasteiger partial charge in [0.2, 0.25) is 0 Å². The quantitative estimate of drug-likeness (QED) is 0.729. The number of nitrogens with one attached hydrogen (secondary N) is 1. The van der Waals surface area contributed by atoms with Crippen molar-refractivity contribution >= 4 is 23.8 Å². The molecule has 9 heteroatoms. The molecule has 2 aliphatic heterocycles. The topological polar surface area (TPSA) is 85.7 Å². The number of aromatic nitrogens is 2. The van der Waals surface area contributed by atoms with Gasteiger partial charge in [0.25, 0.3) is 0 Å². The zero-order valence-electron chi connectivity index (χ0n) is 18.0. The minimum absolute atomic E-state index is 0.275. The van der Waals surface area contributed by atoms with E-state index >= 15 is 0 Å². The van der Waals surface area contributed by atoms with Gasteiger partial charge in [-0.2, -0.15) is 5.10 Å². The molecule has 1 atom stereocenters. The molecule has 1 aromatic rings. The van der Waals surface area contributed by atoms with E-state index in [2.05, 4.69) is 10.4 Å². The highest BCUT2D eigenvalue weighted by molar-refractivity contribution is 6.31. The molecule has 0 bridgehead atoms. The summed E-state index contributed by atoms with van der Waals surface area (Å²) in [6.07, 6.45) is 2.21. The molecule has 3 rings (SSSR count). The average molecular weight is 427 g/mol. The predicted molar refractivity (Wildman–Crippen MR) is 109 cm³/mol. The van der Waals surface area contributed by atoms with Crippen molar-refractivity contribution < 1.29 is 19.1 Å². The molecule has 1 spiro atoms. The SMILES string of the molecule is CC(C)(C)OC(=O)N[C@@H]1c2c(Cl)cnn2CC12CCN(C(=O)OC(C)(C)C)CC2. The van der Waals surface area contributed by atoms with E-state index in [-0.39, 0.29) is 17.6 Å². The van der Waals surface area contributed by atoms with Crippen molar-refractivity contribution in [1.82, 2.24) is 20.0 Å². The number of halogens is 1. The second kappa shape index (κ2) is 7.38. The Morgan fingerprint density at radius 3 is 2.28 bits per heavy atom. The molecule has 1 saturated heterocycles. The number of amides is 2. The maximum absolute atomic E-state index is 12.5. The van der Waals surface area contributed by atoms with Crippen LogP contribution in [0.3, 0.4) is 0 Å². The van der Waals surface area contributed by atoms with Crippen molar-refractivity contribution in [2.45, 2.75) is 78.2 Å². The number of alkyl carbamates (subject to hydrolysis) is 1. The second-order valence-electron chi connectivity index (χ2n) is 9.94. The lowest BCUT2D eigenvalue weighted by molar-refractivity contribution is 0.00171. The molecule has 1 N–H and O–H groups in total. The zero-order chi connectivity index (χ0) is 21.6. The fourth-order valence-corrected chi connectivity index (χ4v) is 4.27.